The maximum Gasteiger partial charge on any atom is 0.326 e. The van der Waals surface area contributed by atoms with Crippen LogP contribution in [0.15, 0.2) is 0 Å². The summed E-state index contributed by atoms with van der Waals surface area (Å²) in [4.78, 5) is 43.2. The molecule has 5 N–H and O–H groups in total. The molecule has 0 aliphatic heterocycles. The highest BCUT2D eigenvalue weighted by atomic mass is 16.5. The first kappa shape index (κ1) is 15.7. The van der Waals surface area contributed by atoms with Crippen LogP contribution < -0.4 is 16.4 Å². The number of primary amides is 1. The molecule has 0 saturated carbocycles. The second kappa shape index (κ2) is 7.87. The van der Waals surface area contributed by atoms with Crippen LogP contribution in [0, 0.1) is 0 Å². The molecule has 1 atom stereocenters. The van der Waals surface area contributed by atoms with Crippen molar-refractivity contribution in [2.24, 2.45) is 5.73 Å². The first-order valence-electron chi connectivity index (χ1n) is 4.99. The molecule has 0 aromatic carbocycles. The Bertz CT molecular complexity index is 343. The molecule has 0 aromatic rings. The molecule has 0 bridgehead atoms. The number of aliphatic carboxylic acids is 1. The first-order chi connectivity index (χ1) is 8.36. The van der Waals surface area contributed by atoms with Gasteiger partial charge in [0.2, 0.25) is 5.91 Å². The number of ether oxygens (including phenoxy) is 1. The number of nitrogens with one attached hydrogen (secondary N) is 2. The van der Waals surface area contributed by atoms with E-state index in [2.05, 4.69) is 15.4 Å². The third-order valence-electron chi connectivity index (χ3n) is 1.90. The summed E-state index contributed by atoms with van der Waals surface area (Å²) < 4.78 is 4.27. The number of carbonyl (C=O) groups is 4. The van der Waals surface area contributed by atoms with Gasteiger partial charge in [0, 0.05) is 6.42 Å². The second-order valence-electron chi connectivity index (χ2n) is 3.30. The van der Waals surface area contributed by atoms with Crippen LogP contribution in [0.5, 0.6) is 0 Å². The van der Waals surface area contributed by atoms with Crippen LogP contribution in [0.4, 0.5) is 4.79 Å². The molecule has 0 saturated heterocycles. The summed E-state index contributed by atoms with van der Waals surface area (Å²) in [7, 11) is 1.15. The summed E-state index contributed by atoms with van der Waals surface area (Å²) in [6, 6.07) is -2.10. The predicted molar refractivity (Wildman–Crippen MR) is 58.4 cm³/mol. The Hall–Kier alpha value is -2.32. The van der Waals surface area contributed by atoms with Crippen molar-refractivity contribution in [1.82, 2.24) is 10.6 Å². The molecular formula is C9H15N3O6. The number of esters is 1. The second-order valence-corrected chi connectivity index (χ2v) is 3.30. The molecule has 9 heteroatoms. The van der Waals surface area contributed by atoms with Crippen molar-refractivity contribution < 1.29 is 29.0 Å². The van der Waals surface area contributed by atoms with E-state index < -0.39 is 29.9 Å². The molecule has 0 radical (unpaired) electrons. The van der Waals surface area contributed by atoms with E-state index >= 15 is 0 Å². The molecule has 0 aromatic heterocycles. The number of carboxylic acid groups (broad SMARTS) is 1. The average Bonchev–Trinajstić information content (AvgIpc) is 2.30. The maximum atomic E-state index is 11.2. The molecule has 9 nitrogen and oxygen atoms in total. The maximum absolute atomic E-state index is 11.2. The summed E-state index contributed by atoms with van der Waals surface area (Å²) in [5.74, 6) is -2.64. The summed E-state index contributed by atoms with van der Waals surface area (Å²) in [5.41, 5.74) is 4.87. The fourth-order valence-corrected chi connectivity index (χ4v) is 0.978. The SMILES string of the molecule is COC(=O)CNC(=O)NC(CCC(N)=O)C(=O)O. The van der Waals surface area contributed by atoms with E-state index in [0.29, 0.717) is 0 Å². The lowest BCUT2D eigenvalue weighted by Gasteiger charge is -2.13. The number of amides is 3. The smallest absolute Gasteiger partial charge is 0.326 e. The third kappa shape index (κ3) is 7.04. The molecule has 0 aliphatic rings. The van der Waals surface area contributed by atoms with Crippen molar-refractivity contribution in [2.45, 2.75) is 18.9 Å². The Balaban J connectivity index is 4.15. The molecule has 0 rings (SSSR count). The van der Waals surface area contributed by atoms with Gasteiger partial charge < -0.3 is 26.2 Å². The van der Waals surface area contributed by atoms with Gasteiger partial charge in [0.1, 0.15) is 12.6 Å². The number of methoxy groups -OCH3 is 1. The zero-order valence-electron chi connectivity index (χ0n) is 9.76. The van der Waals surface area contributed by atoms with Gasteiger partial charge in [-0.15, -0.1) is 0 Å². The van der Waals surface area contributed by atoms with E-state index in [1.807, 2.05) is 0 Å². The van der Waals surface area contributed by atoms with Gasteiger partial charge in [0.25, 0.3) is 0 Å². The van der Waals surface area contributed by atoms with E-state index in [0.717, 1.165) is 7.11 Å². The number of rotatable bonds is 7. The van der Waals surface area contributed by atoms with Gasteiger partial charge in [-0.2, -0.15) is 0 Å². The lowest BCUT2D eigenvalue weighted by molar-refractivity contribution is -0.139. The van der Waals surface area contributed by atoms with Crippen LogP contribution in [0.1, 0.15) is 12.8 Å². The fourth-order valence-electron chi connectivity index (χ4n) is 0.978. The number of hydrogen-bond acceptors (Lipinski definition) is 5. The Kier molecular flexibility index (Phi) is 6.86. The van der Waals surface area contributed by atoms with Crippen molar-refractivity contribution in [3.8, 4) is 0 Å². The number of urea groups is 1. The lowest BCUT2D eigenvalue weighted by Crippen LogP contribution is -2.47. The first-order valence-corrected chi connectivity index (χ1v) is 4.99. The highest BCUT2D eigenvalue weighted by Gasteiger charge is 2.20. The molecule has 0 aliphatic carbocycles. The van der Waals surface area contributed by atoms with Gasteiger partial charge in [-0.05, 0) is 6.42 Å². The molecular weight excluding hydrogens is 246 g/mol. The zero-order valence-corrected chi connectivity index (χ0v) is 9.76. The summed E-state index contributed by atoms with van der Waals surface area (Å²) in [6.45, 7) is -0.384. The molecule has 18 heavy (non-hydrogen) atoms. The van der Waals surface area contributed by atoms with Gasteiger partial charge in [0.05, 0.1) is 7.11 Å². The quantitative estimate of drug-likeness (QED) is 0.396. The standard InChI is InChI=1S/C9H15N3O6/c1-18-7(14)4-11-9(17)12-5(8(15)16)2-3-6(10)13/h5H,2-4H2,1H3,(H2,10,13)(H,15,16)(H2,11,12,17). The highest BCUT2D eigenvalue weighted by Crippen LogP contribution is 1.97. The Morgan fingerprint density at radius 3 is 2.39 bits per heavy atom. The van der Waals surface area contributed by atoms with Crippen LogP contribution in [0.3, 0.4) is 0 Å². The van der Waals surface area contributed by atoms with Crippen molar-refractivity contribution >= 4 is 23.9 Å². The average molecular weight is 261 g/mol. The van der Waals surface area contributed by atoms with Crippen LogP contribution in [-0.4, -0.2) is 48.7 Å². The van der Waals surface area contributed by atoms with Gasteiger partial charge >= 0.3 is 18.0 Å². The van der Waals surface area contributed by atoms with Gasteiger partial charge in [-0.1, -0.05) is 0 Å². The molecule has 0 heterocycles. The summed E-state index contributed by atoms with van der Waals surface area (Å²) >= 11 is 0. The van der Waals surface area contributed by atoms with E-state index in [4.69, 9.17) is 10.8 Å². The van der Waals surface area contributed by atoms with E-state index in [-0.39, 0.29) is 19.4 Å². The Morgan fingerprint density at radius 1 is 1.33 bits per heavy atom. The van der Waals surface area contributed by atoms with Gasteiger partial charge in [-0.25, -0.2) is 9.59 Å². The zero-order chi connectivity index (χ0) is 14.1. The van der Waals surface area contributed by atoms with E-state index in [9.17, 15) is 19.2 Å². The van der Waals surface area contributed by atoms with Crippen molar-refractivity contribution in [2.75, 3.05) is 13.7 Å². The van der Waals surface area contributed by atoms with Crippen LogP contribution in [-0.2, 0) is 19.1 Å². The fraction of sp³-hybridized carbons (Fsp3) is 0.556. The van der Waals surface area contributed by atoms with Crippen molar-refractivity contribution in [3.05, 3.63) is 0 Å². The summed E-state index contributed by atoms with van der Waals surface area (Å²) in [5, 5.41) is 13.0. The van der Waals surface area contributed by atoms with E-state index in [1.54, 1.807) is 0 Å². The number of carbonyl (C=O) groups excluding carboxylic acids is 3. The molecule has 3 amide bonds. The molecule has 0 fully saturated rings. The van der Waals surface area contributed by atoms with Crippen molar-refractivity contribution in [3.63, 3.8) is 0 Å². The minimum Gasteiger partial charge on any atom is -0.480 e. The Labute approximate surface area is 103 Å². The van der Waals surface area contributed by atoms with Gasteiger partial charge in [0.15, 0.2) is 0 Å². The minimum absolute atomic E-state index is 0.129. The largest absolute Gasteiger partial charge is 0.480 e. The van der Waals surface area contributed by atoms with Crippen LogP contribution in [0.2, 0.25) is 0 Å². The number of hydrogen-bond donors (Lipinski definition) is 4. The predicted octanol–water partition coefficient (Wildman–Crippen LogP) is -1.82. The number of carboxylic acids is 1. The minimum atomic E-state index is -1.30. The van der Waals surface area contributed by atoms with E-state index in [1.165, 1.54) is 0 Å². The van der Waals surface area contributed by atoms with Crippen LogP contribution in [0.25, 0.3) is 0 Å². The number of nitrogens with two attached hydrogens (primary N) is 1. The summed E-state index contributed by atoms with van der Waals surface area (Å²) in [6.07, 6.45) is -0.301. The molecule has 0 spiro atoms. The Morgan fingerprint density at radius 2 is 1.94 bits per heavy atom. The highest BCUT2D eigenvalue weighted by molar-refractivity contribution is 5.85. The lowest BCUT2D eigenvalue weighted by atomic mass is 10.1. The third-order valence-corrected chi connectivity index (χ3v) is 1.90. The normalized spacial score (nSPS) is 11.2. The topological polar surface area (TPSA) is 148 Å². The van der Waals surface area contributed by atoms with Gasteiger partial charge in [-0.3, -0.25) is 9.59 Å². The molecule has 1 unspecified atom stereocenters. The van der Waals surface area contributed by atoms with Crippen molar-refractivity contribution in [1.29, 1.82) is 0 Å². The van der Waals surface area contributed by atoms with Crippen LogP contribution >= 0.6 is 0 Å². The monoisotopic (exact) mass is 261 g/mol. The molecule has 102 valence electrons.